The Kier molecular flexibility index (Phi) is 2.60. The molecule has 1 aromatic heterocycles. The lowest BCUT2D eigenvalue weighted by molar-refractivity contribution is 0.187. The van der Waals surface area contributed by atoms with Gasteiger partial charge >= 0.3 is 0 Å². The van der Waals surface area contributed by atoms with Crippen molar-refractivity contribution < 1.29 is 8.42 Å². The van der Waals surface area contributed by atoms with Gasteiger partial charge in [0.15, 0.2) is 0 Å². The van der Waals surface area contributed by atoms with E-state index >= 15 is 0 Å². The summed E-state index contributed by atoms with van der Waals surface area (Å²) in [6, 6.07) is 5.26. The van der Waals surface area contributed by atoms with Gasteiger partial charge < -0.3 is 4.57 Å². The van der Waals surface area contributed by atoms with Gasteiger partial charge in [-0.05, 0) is 18.4 Å². The minimum atomic E-state index is -3.13. The Morgan fingerprint density at radius 1 is 1.22 bits per heavy atom. The predicted molar refractivity (Wildman–Crippen MR) is 68.0 cm³/mol. The molecule has 1 fully saturated rings. The summed E-state index contributed by atoms with van der Waals surface area (Å²) in [5.74, 6) is 0.409. The fourth-order valence-corrected chi connectivity index (χ4v) is 4.06. The molecule has 2 aliphatic heterocycles. The second kappa shape index (κ2) is 3.93. The number of aromatic nitrogens is 1. The predicted octanol–water partition coefficient (Wildman–Crippen LogP) is 0.227. The number of pyridine rings is 1. The zero-order valence-corrected chi connectivity index (χ0v) is 11.1. The van der Waals surface area contributed by atoms with E-state index in [-0.39, 0.29) is 17.4 Å². The quantitative estimate of drug-likeness (QED) is 0.732. The molecule has 0 aromatic carbocycles. The zero-order chi connectivity index (χ0) is 12.9. The van der Waals surface area contributed by atoms with E-state index in [0.717, 1.165) is 12.1 Å². The molecule has 0 aliphatic carbocycles. The maximum Gasteiger partial charge on any atom is 0.250 e. The summed E-state index contributed by atoms with van der Waals surface area (Å²) >= 11 is 0. The van der Waals surface area contributed by atoms with Crippen LogP contribution in [0, 0.1) is 5.92 Å². The molecule has 98 valence electrons. The standard InChI is InChI=1S/C12H16N2O3S/c1-18(16,17)13-6-9-5-10(8-13)11-3-2-4-12(15)14(11)7-9/h2-4,9-10H,5-8H2,1H3. The SMILES string of the molecule is CS(=O)(=O)N1CC2CC(C1)c1cccc(=O)n1C2. The van der Waals surface area contributed by atoms with Crippen molar-refractivity contribution in [1.82, 2.24) is 8.87 Å². The minimum Gasteiger partial charge on any atom is -0.312 e. The first-order valence-electron chi connectivity index (χ1n) is 6.10. The molecule has 2 atom stereocenters. The Labute approximate surface area is 106 Å². The molecule has 2 bridgehead atoms. The van der Waals surface area contributed by atoms with Crippen molar-refractivity contribution in [3.8, 4) is 0 Å². The van der Waals surface area contributed by atoms with Crippen LogP contribution < -0.4 is 5.56 Å². The molecule has 5 nitrogen and oxygen atoms in total. The average Bonchev–Trinajstić information content (AvgIpc) is 2.29. The summed E-state index contributed by atoms with van der Waals surface area (Å²) in [6.07, 6.45) is 2.24. The van der Waals surface area contributed by atoms with Gasteiger partial charge in [-0.15, -0.1) is 0 Å². The zero-order valence-electron chi connectivity index (χ0n) is 10.2. The van der Waals surface area contributed by atoms with Crippen LogP contribution in [0.15, 0.2) is 23.0 Å². The lowest BCUT2D eigenvalue weighted by Crippen LogP contribution is -2.48. The van der Waals surface area contributed by atoms with E-state index in [1.54, 1.807) is 21.0 Å². The van der Waals surface area contributed by atoms with E-state index in [1.807, 2.05) is 6.07 Å². The van der Waals surface area contributed by atoms with Crippen molar-refractivity contribution in [3.63, 3.8) is 0 Å². The van der Waals surface area contributed by atoms with Crippen molar-refractivity contribution in [2.24, 2.45) is 5.92 Å². The van der Waals surface area contributed by atoms with Crippen LogP contribution in [0.4, 0.5) is 0 Å². The van der Waals surface area contributed by atoms with Crippen molar-refractivity contribution in [2.45, 2.75) is 18.9 Å². The van der Waals surface area contributed by atoms with Gasteiger partial charge in [0.05, 0.1) is 6.26 Å². The summed E-state index contributed by atoms with van der Waals surface area (Å²) in [5, 5.41) is 0. The van der Waals surface area contributed by atoms with E-state index in [2.05, 4.69) is 0 Å². The molecule has 3 heterocycles. The number of hydrogen-bond acceptors (Lipinski definition) is 3. The number of rotatable bonds is 1. The van der Waals surface area contributed by atoms with Crippen LogP contribution >= 0.6 is 0 Å². The number of nitrogens with zero attached hydrogens (tertiary/aromatic N) is 2. The van der Waals surface area contributed by atoms with Crippen molar-refractivity contribution >= 4 is 10.0 Å². The third-order valence-electron chi connectivity index (χ3n) is 3.92. The molecular formula is C12H16N2O3S. The lowest BCUT2D eigenvalue weighted by atomic mass is 9.84. The van der Waals surface area contributed by atoms with E-state index in [4.69, 9.17) is 0 Å². The summed E-state index contributed by atoms with van der Waals surface area (Å²) in [5.41, 5.74) is 1.00. The number of piperidine rings is 1. The van der Waals surface area contributed by atoms with Gasteiger partial charge in [0, 0.05) is 37.3 Å². The number of fused-ring (bicyclic) bond motifs is 4. The first-order valence-corrected chi connectivity index (χ1v) is 7.95. The van der Waals surface area contributed by atoms with E-state index < -0.39 is 10.0 Å². The first kappa shape index (κ1) is 11.9. The Balaban J connectivity index is 2.02. The Hall–Kier alpha value is -1.14. The van der Waals surface area contributed by atoms with Crippen LogP contribution in [-0.4, -0.2) is 36.6 Å². The third-order valence-corrected chi connectivity index (χ3v) is 5.15. The Morgan fingerprint density at radius 3 is 2.72 bits per heavy atom. The van der Waals surface area contributed by atoms with Crippen LogP contribution in [0.1, 0.15) is 18.0 Å². The second-order valence-electron chi connectivity index (χ2n) is 5.28. The molecule has 0 radical (unpaired) electrons. The first-order chi connectivity index (χ1) is 8.45. The Bertz CT molecular complexity index is 635. The molecule has 0 spiro atoms. The van der Waals surface area contributed by atoms with E-state index in [0.29, 0.717) is 19.6 Å². The second-order valence-corrected chi connectivity index (χ2v) is 7.26. The summed E-state index contributed by atoms with van der Waals surface area (Å²) in [4.78, 5) is 11.8. The third kappa shape index (κ3) is 1.89. The molecule has 18 heavy (non-hydrogen) atoms. The molecule has 0 saturated carbocycles. The van der Waals surface area contributed by atoms with Gasteiger partial charge in [0.25, 0.3) is 5.56 Å². The summed E-state index contributed by atoms with van der Waals surface area (Å²) in [7, 11) is -3.13. The number of hydrogen-bond donors (Lipinski definition) is 0. The molecule has 0 amide bonds. The van der Waals surface area contributed by atoms with Gasteiger partial charge in [0.1, 0.15) is 0 Å². The van der Waals surface area contributed by atoms with Crippen LogP contribution in [0.3, 0.4) is 0 Å². The van der Waals surface area contributed by atoms with E-state index in [9.17, 15) is 13.2 Å². The van der Waals surface area contributed by atoms with Gasteiger partial charge in [-0.2, -0.15) is 0 Å². The Morgan fingerprint density at radius 2 is 2.00 bits per heavy atom. The van der Waals surface area contributed by atoms with Crippen molar-refractivity contribution in [2.75, 3.05) is 19.3 Å². The molecule has 6 heteroatoms. The average molecular weight is 268 g/mol. The smallest absolute Gasteiger partial charge is 0.250 e. The molecule has 3 rings (SSSR count). The van der Waals surface area contributed by atoms with E-state index in [1.165, 1.54) is 6.26 Å². The monoisotopic (exact) mass is 268 g/mol. The van der Waals surface area contributed by atoms with Crippen LogP contribution in [-0.2, 0) is 16.6 Å². The molecule has 0 N–H and O–H groups in total. The fourth-order valence-electron chi connectivity index (χ4n) is 3.12. The molecule has 1 saturated heterocycles. The van der Waals surface area contributed by atoms with Crippen molar-refractivity contribution in [1.29, 1.82) is 0 Å². The van der Waals surface area contributed by atoms with Crippen LogP contribution in [0.25, 0.3) is 0 Å². The molecular weight excluding hydrogens is 252 g/mol. The normalized spacial score (nSPS) is 27.8. The summed E-state index contributed by atoms with van der Waals surface area (Å²) in [6.45, 7) is 1.67. The highest BCUT2D eigenvalue weighted by molar-refractivity contribution is 7.88. The highest BCUT2D eigenvalue weighted by Crippen LogP contribution is 2.35. The highest BCUT2D eigenvalue weighted by atomic mass is 32.2. The highest BCUT2D eigenvalue weighted by Gasteiger charge is 2.37. The molecule has 2 aliphatic rings. The maximum atomic E-state index is 11.8. The van der Waals surface area contributed by atoms with Crippen LogP contribution in [0.5, 0.6) is 0 Å². The number of sulfonamides is 1. The maximum absolute atomic E-state index is 11.8. The lowest BCUT2D eigenvalue weighted by Gasteiger charge is -2.41. The van der Waals surface area contributed by atoms with Crippen molar-refractivity contribution in [3.05, 3.63) is 34.2 Å². The van der Waals surface area contributed by atoms with Gasteiger partial charge in [-0.25, -0.2) is 12.7 Å². The molecule has 1 aromatic rings. The fraction of sp³-hybridized carbons (Fsp3) is 0.583. The van der Waals surface area contributed by atoms with Gasteiger partial charge in [-0.3, -0.25) is 4.79 Å². The minimum absolute atomic E-state index is 0.0232. The van der Waals surface area contributed by atoms with Gasteiger partial charge in [-0.1, -0.05) is 6.07 Å². The van der Waals surface area contributed by atoms with Gasteiger partial charge in [0.2, 0.25) is 10.0 Å². The van der Waals surface area contributed by atoms with Crippen LogP contribution in [0.2, 0.25) is 0 Å². The molecule has 2 unspecified atom stereocenters. The topological polar surface area (TPSA) is 59.4 Å². The largest absolute Gasteiger partial charge is 0.312 e. The summed E-state index contributed by atoms with van der Waals surface area (Å²) < 4.78 is 26.7.